The van der Waals surface area contributed by atoms with Crippen LogP contribution in [0.5, 0.6) is 0 Å². The first-order valence-corrected chi connectivity index (χ1v) is 9.35. The number of nitrogens with zero attached hydrogens (tertiary/aromatic N) is 6. The minimum Gasteiger partial charge on any atom is -0.309 e. The van der Waals surface area contributed by atoms with Gasteiger partial charge in [0.15, 0.2) is 5.82 Å². The van der Waals surface area contributed by atoms with Gasteiger partial charge in [0.2, 0.25) is 0 Å². The van der Waals surface area contributed by atoms with E-state index in [0.29, 0.717) is 6.54 Å². The molecule has 0 spiro atoms. The molecule has 0 amide bonds. The Morgan fingerprint density at radius 3 is 2.64 bits per heavy atom. The van der Waals surface area contributed by atoms with E-state index in [-0.39, 0.29) is 6.17 Å². The van der Waals surface area contributed by atoms with Gasteiger partial charge in [0.1, 0.15) is 6.17 Å². The number of hydrogen-bond donors (Lipinski definition) is 1. The summed E-state index contributed by atoms with van der Waals surface area (Å²) in [6.07, 6.45) is 5.02. The number of rotatable bonds is 5. The second-order valence-corrected chi connectivity index (χ2v) is 7.14. The topological polar surface area (TPSA) is 76.1 Å². The maximum Gasteiger partial charge on any atom is 0.183 e. The fourth-order valence-electron chi connectivity index (χ4n) is 3.81. The van der Waals surface area contributed by atoms with Crippen LogP contribution in [-0.4, -0.2) is 62.2 Å². The summed E-state index contributed by atoms with van der Waals surface area (Å²) in [6.45, 7) is 4.92. The number of benzene rings is 1. The molecule has 4 rings (SSSR count). The van der Waals surface area contributed by atoms with Gasteiger partial charge < -0.3 is 5.73 Å². The van der Waals surface area contributed by atoms with Crippen molar-refractivity contribution in [2.45, 2.75) is 44.4 Å². The van der Waals surface area contributed by atoms with E-state index in [1.54, 1.807) is 0 Å². The highest BCUT2D eigenvalue weighted by Crippen LogP contribution is 2.26. The molecule has 2 N–H and O–H groups in total. The van der Waals surface area contributed by atoms with Gasteiger partial charge in [0.25, 0.3) is 0 Å². The molecular weight excluding hydrogens is 314 g/mol. The second-order valence-electron chi connectivity index (χ2n) is 7.14. The Balaban J connectivity index is 1.42. The van der Waals surface area contributed by atoms with Crippen LogP contribution in [0.1, 0.15) is 43.2 Å². The Morgan fingerprint density at radius 1 is 1.04 bits per heavy atom. The molecule has 2 heterocycles. The summed E-state index contributed by atoms with van der Waals surface area (Å²) < 4.78 is 1.83. The van der Waals surface area contributed by atoms with E-state index < -0.39 is 0 Å². The molecule has 7 heteroatoms. The van der Waals surface area contributed by atoms with Gasteiger partial charge in [0, 0.05) is 25.7 Å². The van der Waals surface area contributed by atoms with E-state index in [2.05, 4.69) is 37.5 Å². The van der Waals surface area contributed by atoms with Gasteiger partial charge in [-0.2, -0.15) is 0 Å². The fourth-order valence-corrected chi connectivity index (χ4v) is 3.81. The van der Waals surface area contributed by atoms with Gasteiger partial charge in [0.05, 0.1) is 6.54 Å². The molecule has 0 bridgehead atoms. The van der Waals surface area contributed by atoms with Crippen molar-refractivity contribution in [3.05, 3.63) is 41.7 Å². The molecule has 1 saturated heterocycles. The molecule has 1 aliphatic carbocycles. The summed E-state index contributed by atoms with van der Waals surface area (Å²) in [6, 6.07) is 11.0. The number of tetrazole rings is 1. The van der Waals surface area contributed by atoms with Crippen molar-refractivity contribution in [3.8, 4) is 0 Å². The average molecular weight is 341 g/mol. The van der Waals surface area contributed by atoms with E-state index in [1.165, 1.54) is 31.4 Å². The molecule has 1 unspecified atom stereocenters. The van der Waals surface area contributed by atoms with Crippen LogP contribution >= 0.6 is 0 Å². The highest BCUT2D eigenvalue weighted by atomic mass is 15.6. The highest BCUT2D eigenvalue weighted by molar-refractivity contribution is 5.15. The van der Waals surface area contributed by atoms with Crippen LogP contribution in [0.3, 0.4) is 0 Å². The Hall–Kier alpha value is -1.83. The zero-order valence-electron chi connectivity index (χ0n) is 14.7. The Kier molecular flexibility index (Phi) is 5.05. The van der Waals surface area contributed by atoms with Gasteiger partial charge in [-0.25, -0.2) is 4.68 Å². The van der Waals surface area contributed by atoms with Crippen molar-refractivity contribution < 1.29 is 0 Å². The predicted molar refractivity (Wildman–Crippen MR) is 95.7 cm³/mol. The van der Waals surface area contributed by atoms with Crippen LogP contribution in [0.25, 0.3) is 0 Å². The lowest BCUT2D eigenvalue weighted by atomic mass is 9.91. The van der Waals surface area contributed by atoms with E-state index in [9.17, 15) is 0 Å². The van der Waals surface area contributed by atoms with Crippen LogP contribution in [0.2, 0.25) is 0 Å². The van der Waals surface area contributed by atoms with Crippen molar-refractivity contribution in [3.63, 3.8) is 0 Å². The summed E-state index contributed by atoms with van der Waals surface area (Å²) in [5.41, 5.74) is 7.73. The zero-order valence-corrected chi connectivity index (χ0v) is 14.7. The zero-order chi connectivity index (χ0) is 17.1. The molecule has 1 atom stereocenters. The van der Waals surface area contributed by atoms with E-state index in [4.69, 9.17) is 5.73 Å². The minimum atomic E-state index is -0.250. The molecule has 0 radical (unpaired) electrons. The lowest BCUT2D eigenvalue weighted by Gasteiger charge is -2.37. The molecule has 7 nitrogen and oxygen atoms in total. The smallest absolute Gasteiger partial charge is 0.183 e. The third kappa shape index (κ3) is 3.73. The molecule has 1 aromatic heterocycles. The molecule has 1 saturated carbocycles. The maximum absolute atomic E-state index is 6.55. The first kappa shape index (κ1) is 16.6. The number of nitrogens with two attached hydrogens (primary N) is 1. The van der Waals surface area contributed by atoms with Crippen LogP contribution in [-0.2, 0) is 6.54 Å². The lowest BCUT2D eigenvalue weighted by molar-refractivity contribution is 0.125. The summed E-state index contributed by atoms with van der Waals surface area (Å²) in [7, 11) is 0. The van der Waals surface area contributed by atoms with Crippen LogP contribution in [0.15, 0.2) is 30.3 Å². The van der Waals surface area contributed by atoms with Crippen molar-refractivity contribution >= 4 is 0 Å². The summed E-state index contributed by atoms with van der Waals surface area (Å²) in [5.74, 6) is 0.751. The number of aromatic nitrogens is 4. The van der Waals surface area contributed by atoms with Crippen molar-refractivity contribution in [2.75, 3.05) is 26.2 Å². The Morgan fingerprint density at radius 2 is 1.88 bits per heavy atom. The third-order valence-corrected chi connectivity index (χ3v) is 5.55. The lowest BCUT2D eigenvalue weighted by Crippen LogP contribution is -2.43. The average Bonchev–Trinajstić information content (AvgIpc) is 2.91. The largest absolute Gasteiger partial charge is 0.309 e. The van der Waals surface area contributed by atoms with E-state index >= 15 is 0 Å². The fraction of sp³-hybridized carbons (Fsp3) is 0.611. The van der Waals surface area contributed by atoms with Crippen molar-refractivity contribution in [1.29, 1.82) is 0 Å². The van der Waals surface area contributed by atoms with Crippen molar-refractivity contribution in [1.82, 2.24) is 30.0 Å². The van der Waals surface area contributed by atoms with Gasteiger partial charge in [-0.05, 0) is 41.8 Å². The molecule has 1 aromatic carbocycles. The predicted octanol–water partition coefficient (Wildman–Crippen LogP) is 1.24. The highest BCUT2D eigenvalue weighted by Gasteiger charge is 2.29. The van der Waals surface area contributed by atoms with E-state index in [1.807, 2.05) is 22.9 Å². The molecule has 134 valence electrons. The Labute approximate surface area is 148 Å². The molecule has 2 fully saturated rings. The Bertz CT molecular complexity index is 667. The quantitative estimate of drug-likeness (QED) is 0.882. The molecule has 1 aliphatic heterocycles. The molecule has 2 aliphatic rings. The van der Waals surface area contributed by atoms with Gasteiger partial charge in [-0.15, -0.1) is 5.10 Å². The van der Waals surface area contributed by atoms with Crippen LogP contribution in [0.4, 0.5) is 0 Å². The van der Waals surface area contributed by atoms with Gasteiger partial charge in [-0.1, -0.05) is 36.8 Å². The first-order chi connectivity index (χ1) is 12.3. The molecule has 2 aromatic rings. The van der Waals surface area contributed by atoms with E-state index in [0.717, 1.165) is 37.9 Å². The SMILES string of the molecule is NC(c1nnnn1Cc1ccccc1)N1CCCN(C2CCC2)CC1. The second kappa shape index (κ2) is 7.59. The monoisotopic (exact) mass is 341 g/mol. The normalized spacial score (nSPS) is 21.6. The third-order valence-electron chi connectivity index (χ3n) is 5.55. The van der Waals surface area contributed by atoms with Gasteiger partial charge in [-0.3, -0.25) is 9.80 Å². The summed E-state index contributed by atoms with van der Waals surface area (Å²) in [4.78, 5) is 4.97. The van der Waals surface area contributed by atoms with Crippen LogP contribution in [0, 0.1) is 0 Å². The summed E-state index contributed by atoms with van der Waals surface area (Å²) in [5, 5.41) is 12.2. The summed E-state index contributed by atoms with van der Waals surface area (Å²) >= 11 is 0. The standard InChI is InChI=1S/C18H27N7/c19-17(24-11-5-10-23(12-13-24)16-8-4-9-16)18-20-21-22-25(18)14-15-6-2-1-3-7-15/h1-3,6-7,16-17H,4-5,8-14,19H2. The number of hydrogen-bond acceptors (Lipinski definition) is 6. The molecule has 25 heavy (non-hydrogen) atoms. The van der Waals surface area contributed by atoms with Crippen molar-refractivity contribution in [2.24, 2.45) is 5.73 Å². The minimum absolute atomic E-state index is 0.250. The van der Waals surface area contributed by atoms with Crippen LogP contribution < -0.4 is 5.73 Å². The molecular formula is C18H27N7. The first-order valence-electron chi connectivity index (χ1n) is 9.35. The maximum atomic E-state index is 6.55. The van der Waals surface area contributed by atoms with Gasteiger partial charge >= 0.3 is 0 Å².